The zero-order valence-corrected chi connectivity index (χ0v) is 13.0. The summed E-state index contributed by atoms with van der Waals surface area (Å²) in [5, 5.41) is 0. The van der Waals surface area contributed by atoms with Crippen LogP contribution in [0.25, 0.3) is 11.0 Å². The number of fused-ring (bicyclic) bond motifs is 1. The molecular weight excluding hydrogens is 256 g/mol. The second-order valence-corrected chi connectivity index (χ2v) is 6.19. The first-order valence-electron chi connectivity index (χ1n) is 7.06. The van der Waals surface area contributed by atoms with Gasteiger partial charge < -0.3 is 4.57 Å². The number of imidazole rings is 1. The van der Waals surface area contributed by atoms with Crippen molar-refractivity contribution in [2.45, 2.75) is 46.6 Å². The molecule has 1 heterocycles. The number of aryl methyl sites for hydroxylation is 2. The van der Waals surface area contributed by atoms with Crippen LogP contribution >= 0.6 is 11.6 Å². The van der Waals surface area contributed by atoms with E-state index in [0.29, 0.717) is 17.8 Å². The van der Waals surface area contributed by atoms with E-state index in [2.05, 4.69) is 50.5 Å². The predicted molar refractivity (Wildman–Crippen MR) is 83.1 cm³/mol. The van der Waals surface area contributed by atoms with Gasteiger partial charge in [-0.25, -0.2) is 4.98 Å². The molecule has 0 saturated carbocycles. The second kappa shape index (κ2) is 5.96. The third kappa shape index (κ3) is 3.11. The fourth-order valence-electron chi connectivity index (χ4n) is 2.79. The minimum absolute atomic E-state index is 0.463. The SMILES string of the molecule is Cc1ccc2nc(CCCl)n(C(C)CC(C)C)c2c1. The van der Waals surface area contributed by atoms with E-state index in [4.69, 9.17) is 16.6 Å². The van der Waals surface area contributed by atoms with Gasteiger partial charge in [-0.05, 0) is 43.9 Å². The van der Waals surface area contributed by atoms with E-state index < -0.39 is 0 Å². The first-order chi connectivity index (χ1) is 9.02. The van der Waals surface area contributed by atoms with E-state index in [0.717, 1.165) is 24.2 Å². The van der Waals surface area contributed by atoms with Crippen LogP contribution in [0.15, 0.2) is 18.2 Å². The summed E-state index contributed by atoms with van der Waals surface area (Å²) in [6.07, 6.45) is 1.99. The molecule has 0 aliphatic carbocycles. The minimum Gasteiger partial charge on any atom is -0.325 e. The molecule has 0 aliphatic rings. The first kappa shape index (κ1) is 14.4. The Morgan fingerprint density at radius 2 is 2.00 bits per heavy atom. The lowest BCUT2D eigenvalue weighted by molar-refractivity contribution is 0.426. The van der Waals surface area contributed by atoms with Crippen molar-refractivity contribution in [3.8, 4) is 0 Å². The molecule has 19 heavy (non-hydrogen) atoms. The molecule has 2 rings (SSSR count). The Morgan fingerprint density at radius 3 is 2.63 bits per heavy atom. The molecular formula is C16H23ClN2. The molecule has 0 saturated heterocycles. The molecule has 3 heteroatoms. The maximum atomic E-state index is 5.92. The predicted octanol–water partition coefficient (Wildman–Crippen LogP) is 4.73. The Hall–Kier alpha value is -1.02. The van der Waals surface area contributed by atoms with E-state index in [9.17, 15) is 0 Å². The van der Waals surface area contributed by atoms with Crippen LogP contribution in [0.2, 0.25) is 0 Å². The highest BCUT2D eigenvalue weighted by molar-refractivity contribution is 6.17. The summed E-state index contributed by atoms with van der Waals surface area (Å²) >= 11 is 5.92. The summed E-state index contributed by atoms with van der Waals surface area (Å²) in [6, 6.07) is 6.93. The molecule has 0 bridgehead atoms. The molecule has 0 radical (unpaired) electrons. The van der Waals surface area contributed by atoms with Gasteiger partial charge in [-0.3, -0.25) is 0 Å². The number of hydrogen-bond acceptors (Lipinski definition) is 1. The van der Waals surface area contributed by atoms with Crippen molar-refractivity contribution in [2.75, 3.05) is 5.88 Å². The number of nitrogens with zero attached hydrogens (tertiary/aromatic N) is 2. The van der Waals surface area contributed by atoms with Gasteiger partial charge in [0.05, 0.1) is 11.0 Å². The zero-order chi connectivity index (χ0) is 14.0. The van der Waals surface area contributed by atoms with E-state index in [1.807, 2.05) is 0 Å². The number of alkyl halides is 1. The van der Waals surface area contributed by atoms with Gasteiger partial charge in [-0.2, -0.15) is 0 Å². The summed E-state index contributed by atoms with van der Waals surface area (Å²) < 4.78 is 2.38. The Balaban J connectivity index is 2.52. The fourth-order valence-corrected chi connectivity index (χ4v) is 2.96. The molecule has 2 aromatic rings. The third-order valence-electron chi connectivity index (χ3n) is 3.49. The maximum Gasteiger partial charge on any atom is 0.111 e. The number of benzene rings is 1. The zero-order valence-electron chi connectivity index (χ0n) is 12.3. The highest BCUT2D eigenvalue weighted by Crippen LogP contribution is 2.26. The first-order valence-corrected chi connectivity index (χ1v) is 7.59. The Labute approximate surface area is 120 Å². The van der Waals surface area contributed by atoms with Gasteiger partial charge in [0.1, 0.15) is 5.82 Å². The topological polar surface area (TPSA) is 17.8 Å². The van der Waals surface area contributed by atoms with Crippen molar-refractivity contribution in [2.24, 2.45) is 5.92 Å². The molecule has 0 aliphatic heterocycles. The standard InChI is InChI=1S/C16H23ClN2/c1-11(2)9-13(4)19-15-10-12(3)5-6-14(15)18-16(19)7-8-17/h5-6,10-11,13H,7-9H2,1-4H3. The van der Waals surface area contributed by atoms with Crippen LogP contribution in [0.5, 0.6) is 0 Å². The lowest BCUT2D eigenvalue weighted by Gasteiger charge is -2.19. The summed E-state index contributed by atoms with van der Waals surface area (Å²) in [4.78, 5) is 4.75. The summed E-state index contributed by atoms with van der Waals surface area (Å²) in [5.74, 6) is 2.42. The van der Waals surface area contributed by atoms with E-state index >= 15 is 0 Å². The molecule has 1 atom stereocenters. The average Bonchev–Trinajstić information content (AvgIpc) is 2.65. The van der Waals surface area contributed by atoms with Crippen molar-refractivity contribution in [3.63, 3.8) is 0 Å². The van der Waals surface area contributed by atoms with Gasteiger partial charge in [-0.1, -0.05) is 19.9 Å². The van der Waals surface area contributed by atoms with Crippen LogP contribution in [-0.4, -0.2) is 15.4 Å². The molecule has 0 amide bonds. The van der Waals surface area contributed by atoms with E-state index in [1.165, 1.54) is 11.1 Å². The smallest absolute Gasteiger partial charge is 0.111 e. The van der Waals surface area contributed by atoms with Crippen LogP contribution in [0.3, 0.4) is 0 Å². The normalized spacial score (nSPS) is 13.4. The van der Waals surface area contributed by atoms with E-state index in [-0.39, 0.29) is 0 Å². The average molecular weight is 279 g/mol. The monoisotopic (exact) mass is 278 g/mol. The lowest BCUT2D eigenvalue weighted by atomic mass is 10.0. The van der Waals surface area contributed by atoms with Crippen molar-refractivity contribution >= 4 is 22.6 Å². The van der Waals surface area contributed by atoms with Crippen molar-refractivity contribution in [1.29, 1.82) is 0 Å². The Morgan fingerprint density at radius 1 is 1.26 bits per heavy atom. The molecule has 1 unspecified atom stereocenters. The molecule has 0 N–H and O–H groups in total. The van der Waals surface area contributed by atoms with Gasteiger partial charge in [0, 0.05) is 18.3 Å². The fraction of sp³-hybridized carbons (Fsp3) is 0.562. The van der Waals surface area contributed by atoms with Gasteiger partial charge in [0.25, 0.3) is 0 Å². The Kier molecular flexibility index (Phi) is 4.51. The number of aromatic nitrogens is 2. The number of rotatable bonds is 5. The highest BCUT2D eigenvalue weighted by atomic mass is 35.5. The molecule has 2 nitrogen and oxygen atoms in total. The molecule has 1 aromatic carbocycles. The van der Waals surface area contributed by atoms with Crippen molar-refractivity contribution < 1.29 is 0 Å². The van der Waals surface area contributed by atoms with Crippen LogP contribution < -0.4 is 0 Å². The van der Waals surface area contributed by atoms with Crippen LogP contribution in [0, 0.1) is 12.8 Å². The van der Waals surface area contributed by atoms with Crippen LogP contribution in [0.1, 0.15) is 44.6 Å². The number of halogens is 1. The minimum atomic E-state index is 0.463. The molecule has 104 valence electrons. The lowest BCUT2D eigenvalue weighted by Crippen LogP contribution is -2.12. The summed E-state index contributed by atoms with van der Waals surface area (Å²) in [5.41, 5.74) is 3.61. The van der Waals surface area contributed by atoms with Crippen LogP contribution in [0.4, 0.5) is 0 Å². The quantitative estimate of drug-likeness (QED) is 0.723. The second-order valence-electron chi connectivity index (χ2n) is 5.81. The molecule has 1 aromatic heterocycles. The van der Waals surface area contributed by atoms with Gasteiger partial charge in [-0.15, -0.1) is 11.6 Å². The maximum absolute atomic E-state index is 5.92. The van der Waals surface area contributed by atoms with Gasteiger partial charge in [0.2, 0.25) is 0 Å². The molecule has 0 spiro atoms. The number of hydrogen-bond donors (Lipinski definition) is 0. The summed E-state index contributed by atoms with van der Waals surface area (Å²) in [6.45, 7) is 8.94. The third-order valence-corrected chi connectivity index (χ3v) is 3.68. The van der Waals surface area contributed by atoms with Crippen molar-refractivity contribution in [3.05, 3.63) is 29.6 Å². The summed E-state index contributed by atoms with van der Waals surface area (Å²) in [7, 11) is 0. The van der Waals surface area contributed by atoms with Crippen LogP contribution in [-0.2, 0) is 6.42 Å². The van der Waals surface area contributed by atoms with Gasteiger partial charge in [0.15, 0.2) is 0 Å². The Bertz CT molecular complexity index is 557. The largest absolute Gasteiger partial charge is 0.325 e. The highest BCUT2D eigenvalue weighted by Gasteiger charge is 2.16. The van der Waals surface area contributed by atoms with Gasteiger partial charge >= 0.3 is 0 Å². The molecule has 0 fully saturated rings. The van der Waals surface area contributed by atoms with E-state index in [1.54, 1.807) is 0 Å². The van der Waals surface area contributed by atoms with Crippen molar-refractivity contribution in [1.82, 2.24) is 9.55 Å².